The van der Waals surface area contributed by atoms with Crippen LogP contribution in [-0.2, 0) is 32.4 Å². The van der Waals surface area contributed by atoms with Crippen LogP contribution >= 0.6 is 0 Å². The number of amides is 4. The van der Waals surface area contributed by atoms with E-state index in [-0.39, 0.29) is 48.6 Å². The fourth-order valence-corrected chi connectivity index (χ4v) is 11.2. The zero-order valence-corrected chi connectivity index (χ0v) is 39.7. The molecule has 4 N–H and O–H groups in total. The first-order valence-corrected chi connectivity index (χ1v) is 24.9. The van der Waals surface area contributed by atoms with Gasteiger partial charge >= 0.3 is 0 Å². The number of aromatic nitrogens is 4. The molecule has 4 amide bonds. The largest absolute Gasteiger partial charge is 0.488 e. The quantitative estimate of drug-likeness (QED) is 0.0829. The number of carbonyl (C=O) groups excluding carboxylic acids is 4. The third kappa shape index (κ3) is 8.43. The molecule has 2 saturated heterocycles. The van der Waals surface area contributed by atoms with Crippen molar-refractivity contribution in [2.24, 2.45) is 0 Å². The molecule has 1 aliphatic carbocycles. The van der Waals surface area contributed by atoms with Crippen LogP contribution in [0, 0.1) is 0 Å². The maximum atomic E-state index is 14.6. The molecule has 0 spiro atoms. The third-order valence-electron chi connectivity index (χ3n) is 14.9. The first kappa shape index (κ1) is 45.0. The highest BCUT2D eigenvalue weighted by atomic mass is 16.5. The van der Waals surface area contributed by atoms with Crippen LogP contribution in [0.5, 0.6) is 11.5 Å². The number of carbonyl (C=O) groups is 4. The Morgan fingerprint density at radius 3 is 1.73 bits per heavy atom. The normalized spacial score (nSPS) is 19.8. The van der Waals surface area contributed by atoms with Crippen LogP contribution in [0.3, 0.4) is 0 Å². The van der Waals surface area contributed by atoms with Gasteiger partial charge in [-0.05, 0) is 91.8 Å². The predicted octanol–water partition coefficient (Wildman–Crippen LogP) is 9.60. The molecule has 0 bridgehead atoms. The number of ether oxygens (including phenoxy) is 2. The van der Waals surface area contributed by atoms with Gasteiger partial charge in [0.15, 0.2) is 0 Å². The van der Waals surface area contributed by atoms with Crippen LogP contribution in [-0.4, -0.2) is 66.5 Å². The second kappa shape index (κ2) is 18.8. The number of hydrogen-bond donors (Lipinski definition) is 4. The van der Waals surface area contributed by atoms with E-state index in [1.165, 1.54) is 11.1 Å². The van der Waals surface area contributed by atoms with E-state index in [4.69, 9.17) is 19.4 Å². The number of imidazole rings is 2. The summed E-state index contributed by atoms with van der Waals surface area (Å²) >= 11 is 0. The number of benzene rings is 4. The van der Waals surface area contributed by atoms with Crippen LogP contribution in [0.25, 0.3) is 33.6 Å². The molecule has 14 heteroatoms. The van der Waals surface area contributed by atoms with Gasteiger partial charge < -0.3 is 39.9 Å². The molecule has 14 nitrogen and oxygen atoms in total. The number of rotatable bonds is 13. The van der Waals surface area contributed by atoms with Crippen molar-refractivity contribution in [1.29, 1.82) is 0 Å². The number of likely N-dealkylation sites (tertiary alicyclic amines) is 2. The van der Waals surface area contributed by atoms with Gasteiger partial charge in [0.25, 0.3) is 0 Å². The van der Waals surface area contributed by atoms with E-state index in [9.17, 15) is 19.2 Å². The molecule has 2 aromatic heterocycles. The lowest BCUT2D eigenvalue weighted by Gasteiger charge is -2.30. The van der Waals surface area contributed by atoms with E-state index in [1.807, 2.05) is 70.7 Å². The van der Waals surface area contributed by atoms with Gasteiger partial charge in [0.05, 0.1) is 35.9 Å². The van der Waals surface area contributed by atoms with E-state index in [0.717, 1.165) is 112 Å². The van der Waals surface area contributed by atoms with Crippen LogP contribution in [0.1, 0.15) is 141 Å². The Hall–Kier alpha value is -7.48. The summed E-state index contributed by atoms with van der Waals surface area (Å²) in [6, 6.07) is 23.8. The van der Waals surface area contributed by atoms with Gasteiger partial charge in [0.2, 0.25) is 23.6 Å². The predicted molar refractivity (Wildman–Crippen MR) is 264 cm³/mol. The zero-order chi connectivity index (χ0) is 48.0. The molecule has 4 aliphatic heterocycles. The molecule has 4 aromatic carbocycles. The maximum Gasteiger partial charge on any atom is 0.250 e. The maximum absolute atomic E-state index is 14.6. The molecular weight excluding hydrogens is 881 g/mol. The van der Waals surface area contributed by atoms with Crippen LogP contribution in [0.2, 0.25) is 0 Å². The molecule has 5 aliphatic rings. The summed E-state index contributed by atoms with van der Waals surface area (Å²) in [5.74, 6) is 2.67. The summed E-state index contributed by atoms with van der Waals surface area (Å²) in [4.78, 5) is 74.7. The van der Waals surface area contributed by atoms with Crippen LogP contribution in [0.15, 0.2) is 103 Å². The SMILES string of the molecule is C=C1CCC(c2cccc([C@@H](NC(=O)CC)C(=O)N3CCC[C@H]3c3ncc(-c4cc5c6c(c4)OCc4cc(-c7cnc([C@@H]8CCCN8C(=O)[C@H](NC(=O)CC)c8ccccc8)[nH]7)cc(c4-6)OC5)[nH]3)c2)C1. The Balaban J connectivity index is 0.817. The molecule has 358 valence electrons. The average Bonchev–Trinajstić information content (AvgIpc) is 4.27. The van der Waals surface area contributed by atoms with Gasteiger partial charge in [-0.15, -0.1) is 0 Å². The van der Waals surface area contributed by atoms with Crippen LogP contribution in [0.4, 0.5) is 0 Å². The monoisotopic (exact) mass is 938 g/mol. The molecule has 1 unspecified atom stereocenters. The minimum atomic E-state index is -0.805. The Morgan fingerprint density at radius 1 is 0.686 bits per heavy atom. The lowest BCUT2D eigenvalue weighted by atomic mass is 9.87. The van der Waals surface area contributed by atoms with Gasteiger partial charge in [-0.1, -0.05) is 80.6 Å². The second-order valence-electron chi connectivity index (χ2n) is 19.3. The Labute approximate surface area is 407 Å². The lowest BCUT2D eigenvalue weighted by Crippen LogP contribution is -2.42. The van der Waals surface area contributed by atoms with E-state index in [1.54, 1.807) is 13.8 Å². The summed E-state index contributed by atoms with van der Waals surface area (Å²) in [5.41, 5.74) is 11.4. The van der Waals surface area contributed by atoms with E-state index >= 15 is 0 Å². The number of hydrogen-bond acceptors (Lipinski definition) is 8. The van der Waals surface area contributed by atoms with Crippen molar-refractivity contribution in [2.45, 2.75) is 115 Å². The van der Waals surface area contributed by atoms with Crippen molar-refractivity contribution in [3.63, 3.8) is 0 Å². The molecular formula is C56H58N8O6. The molecule has 0 radical (unpaired) electrons. The van der Waals surface area contributed by atoms with Crippen molar-refractivity contribution < 1.29 is 28.7 Å². The highest BCUT2D eigenvalue weighted by Gasteiger charge is 2.39. The fourth-order valence-electron chi connectivity index (χ4n) is 11.2. The second-order valence-corrected chi connectivity index (χ2v) is 19.3. The summed E-state index contributed by atoms with van der Waals surface area (Å²) in [5, 5.41) is 6.00. The topological polar surface area (TPSA) is 175 Å². The summed E-state index contributed by atoms with van der Waals surface area (Å²) in [7, 11) is 0. The number of allylic oxidation sites excluding steroid dienone is 1. The number of nitrogens with one attached hydrogen (secondary N) is 4. The van der Waals surface area contributed by atoms with E-state index < -0.39 is 12.1 Å². The van der Waals surface area contributed by atoms with Crippen molar-refractivity contribution in [3.05, 3.63) is 143 Å². The molecule has 6 heterocycles. The van der Waals surface area contributed by atoms with Gasteiger partial charge in [0, 0.05) is 59.3 Å². The number of aromatic amines is 2. The smallest absolute Gasteiger partial charge is 0.250 e. The van der Waals surface area contributed by atoms with Crippen molar-refractivity contribution >= 4 is 23.6 Å². The molecule has 6 aromatic rings. The highest BCUT2D eigenvalue weighted by Crippen LogP contribution is 2.51. The van der Waals surface area contributed by atoms with Crippen molar-refractivity contribution in [2.75, 3.05) is 13.1 Å². The lowest BCUT2D eigenvalue weighted by molar-refractivity contribution is -0.137. The zero-order valence-electron chi connectivity index (χ0n) is 39.7. The van der Waals surface area contributed by atoms with Gasteiger partial charge in [-0.25, -0.2) is 9.97 Å². The molecule has 5 atom stereocenters. The third-order valence-corrected chi connectivity index (χ3v) is 14.9. The summed E-state index contributed by atoms with van der Waals surface area (Å²) in [6.07, 6.45) is 10.3. The standard InChI is InChI=1S/C56H58N8O6/c1-4-47(65)61-51(33-12-7-6-8-13-33)55(67)63-20-10-16-43(63)53-57-28-41(59-53)37-24-39-30-70-46-27-38(25-40-31-69-45(26-37)49(39)50(40)46)42-29-58-54(60-42)44-17-11-21-64(44)56(68)52(62-48(66)5-2)36-15-9-14-34(23-36)35-19-18-32(3)22-35/h6-9,12-15,23-29,35,43-44,51-52H,3-5,10-11,16-22,30-31H2,1-2H3,(H,57,59)(H,58,60)(H,61,65)(H,62,66)/t35?,43-,44-,51+,52+/m0/s1. The number of nitrogens with zero attached hydrogens (tertiary/aromatic N) is 4. The fraction of sp³-hybridized carbons (Fsp3) is 0.357. The average molecular weight is 939 g/mol. The first-order valence-electron chi connectivity index (χ1n) is 24.9. The Kier molecular flexibility index (Phi) is 12.1. The minimum Gasteiger partial charge on any atom is -0.488 e. The highest BCUT2D eigenvalue weighted by molar-refractivity contribution is 5.91. The van der Waals surface area contributed by atoms with Crippen molar-refractivity contribution in [3.8, 4) is 45.1 Å². The number of H-pyrrole nitrogens is 2. The minimum absolute atomic E-state index is 0.135. The van der Waals surface area contributed by atoms with Gasteiger partial charge in [-0.2, -0.15) is 0 Å². The first-order chi connectivity index (χ1) is 34.1. The Bertz CT molecular complexity index is 2980. The summed E-state index contributed by atoms with van der Waals surface area (Å²) in [6.45, 7) is 9.60. The van der Waals surface area contributed by atoms with Crippen molar-refractivity contribution in [1.82, 2.24) is 40.4 Å². The van der Waals surface area contributed by atoms with E-state index in [0.29, 0.717) is 43.9 Å². The Morgan fingerprint density at radius 2 is 1.21 bits per heavy atom. The summed E-state index contributed by atoms with van der Waals surface area (Å²) < 4.78 is 13.0. The van der Waals surface area contributed by atoms with Crippen LogP contribution < -0.4 is 20.1 Å². The van der Waals surface area contributed by atoms with Gasteiger partial charge in [0.1, 0.15) is 48.4 Å². The molecule has 70 heavy (non-hydrogen) atoms. The van der Waals surface area contributed by atoms with Gasteiger partial charge in [-0.3, -0.25) is 19.2 Å². The van der Waals surface area contributed by atoms with E-state index in [2.05, 4.69) is 57.5 Å². The molecule has 1 saturated carbocycles. The molecule has 11 rings (SSSR count). The molecule has 3 fully saturated rings.